The third-order valence-electron chi connectivity index (χ3n) is 5.50. The molecule has 5 nitrogen and oxygen atoms in total. The van der Waals surface area contributed by atoms with Crippen molar-refractivity contribution in [1.29, 1.82) is 0 Å². The molecule has 31 heavy (non-hydrogen) atoms. The normalized spacial score (nSPS) is 22.9. The van der Waals surface area contributed by atoms with Gasteiger partial charge < -0.3 is 0 Å². The number of rotatable bonds is 3. The van der Waals surface area contributed by atoms with Crippen molar-refractivity contribution < 1.29 is 23.2 Å². The zero-order chi connectivity index (χ0) is 21.7. The van der Waals surface area contributed by atoms with Gasteiger partial charge in [-0.2, -0.15) is 0 Å². The van der Waals surface area contributed by atoms with Crippen LogP contribution in [0.2, 0.25) is 0 Å². The van der Waals surface area contributed by atoms with E-state index in [1.54, 1.807) is 24.3 Å². The van der Waals surface area contributed by atoms with E-state index in [0.717, 1.165) is 4.90 Å². The van der Waals surface area contributed by atoms with Gasteiger partial charge in [0.1, 0.15) is 17.6 Å². The van der Waals surface area contributed by atoms with E-state index < -0.39 is 41.5 Å². The van der Waals surface area contributed by atoms with Crippen molar-refractivity contribution in [2.24, 2.45) is 5.92 Å². The smallest absolute Gasteiger partial charge is 0.266 e. The first kappa shape index (κ1) is 19.8. The fraction of sp³-hybridized carbons (Fsp3) is 0.130. The number of anilines is 2. The van der Waals surface area contributed by atoms with Crippen molar-refractivity contribution in [2.75, 3.05) is 9.96 Å². The summed E-state index contributed by atoms with van der Waals surface area (Å²) in [5.74, 6) is -2.73. The second-order valence-corrected chi connectivity index (χ2v) is 8.17. The predicted octanol–water partition coefficient (Wildman–Crippen LogP) is 4.78. The average Bonchev–Trinajstić information content (AvgIpc) is 3.28. The van der Waals surface area contributed by atoms with E-state index in [1.165, 1.54) is 35.4 Å². The van der Waals surface area contributed by atoms with Gasteiger partial charge in [-0.25, -0.2) is 18.7 Å². The highest BCUT2D eigenvalue weighted by molar-refractivity contribution is 9.10. The Morgan fingerprint density at radius 3 is 2.23 bits per heavy atom. The van der Waals surface area contributed by atoms with Crippen LogP contribution in [0.5, 0.6) is 0 Å². The Kier molecular flexibility index (Phi) is 4.83. The highest BCUT2D eigenvalue weighted by atomic mass is 79.9. The lowest BCUT2D eigenvalue weighted by atomic mass is 9.90. The van der Waals surface area contributed by atoms with E-state index in [9.17, 15) is 18.4 Å². The molecular weight excluding hydrogens is 470 g/mol. The third-order valence-corrected chi connectivity index (χ3v) is 6.10. The number of carbonyl (C=O) groups is 2. The molecule has 0 aromatic heterocycles. The number of fused-ring (bicyclic) bond motifs is 1. The number of nitrogens with zero attached hydrogens (tertiary/aromatic N) is 2. The van der Waals surface area contributed by atoms with Crippen molar-refractivity contribution in [1.82, 2.24) is 0 Å². The maximum Gasteiger partial charge on any atom is 0.266 e. The molecule has 0 radical (unpaired) electrons. The maximum absolute atomic E-state index is 13.9. The van der Waals surface area contributed by atoms with Crippen molar-refractivity contribution in [2.45, 2.75) is 12.1 Å². The molecule has 2 fully saturated rings. The molecule has 2 aliphatic rings. The largest absolute Gasteiger partial charge is 0.273 e. The quantitative estimate of drug-likeness (QED) is 0.502. The molecule has 2 aliphatic heterocycles. The van der Waals surface area contributed by atoms with Crippen molar-refractivity contribution in [3.05, 3.63) is 94.5 Å². The number of halogens is 3. The lowest BCUT2D eigenvalue weighted by molar-refractivity contribution is -0.126. The van der Waals surface area contributed by atoms with Crippen molar-refractivity contribution in [3.63, 3.8) is 0 Å². The lowest BCUT2D eigenvalue weighted by Crippen LogP contribution is -2.37. The summed E-state index contributed by atoms with van der Waals surface area (Å²) in [6.45, 7) is 0. The zero-order valence-electron chi connectivity index (χ0n) is 15.9. The van der Waals surface area contributed by atoms with Gasteiger partial charge in [0.2, 0.25) is 5.91 Å². The van der Waals surface area contributed by atoms with Crippen LogP contribution in [0.1, 0.15) is 11.6 Å². The van der Waals surface area contributed by atoms with E-state index in [4.69, 9.17) is 4.84 Å². The van der Waals surface area contributed by atoms with Gasteiger partial charge in [0.25, 0.3) is 5.91 Å². The molecule has 2 heterocycles. The van der Waals surface area contributed by atoms with Gasteiger partial charge in [-0.3, -0.25) is 14.4 Å². The molecule has 3 aromatic rings. The van der Waals surface area contributed by atoms with Gasteiger partial charge in [-0.05, 0) is 70.0 Å². The number of benzene rings is 3. The predicted molar refractivity (Wildman–Crippen MR) is 113 cm³/mol. The molecule has 156 valence electrons. The van der Waals surface area contributed by atoms with Gasteiger partial charge in [0, 0.05) is 0 Å². The fourth-order valence-electron chi connectivity index (χ4n) is 4.09. The third kappa shape index (κ3) is 3.23. The number of hydrogen-bond acceptors (Lipinski definition) is 4. The molecule has 0 aliphatic carbocycles. The molecule has 0 spiro atoms. The molecule has 5 rings (SSSR count). The standard InChI is InChI=1S/C23H15BrF2N2O3/c24-17-12-13(6-11-18(17)26)20-19-21(31-28(20)16-4-2-1-3-5-16)23(30)27(22(19)29)15-9-7-14(25)8-10-15/h1-12,19-21H. The minimum atomic E-state index is -1.05. The van der Waals surface area contributed by atoms with Gasteiger partial charge in [0.05, 0.1) is 21.9 Å². The number of hydrogen-bond donors (Lipinski definition) is 0. The summed E-state index contributed by atoms with van der Waals surface area (Å²) in [5, 5.41) is 1.53. The summed E-state index contributed by atoms with van der Waals surface area (Å²) >= 11 is 3.19. The number of para-hydroxylation sites is 1. The molecule has 3 atom stereocenters. The minimum absolute atomic E-state index is 0.244. The van der Waals surface area contributed by atoms with E-state index in [2.05, 4.69) is 15.9 Å². The Balaban J connectivity index is 1.60. The summed E-state index contributed by atoms with van der Waals surface area (Å²) in [6, 6.07) is 18.0. The minimum Gasteiger partial charge on any atom is -0.273 e. The topological polar surface area (TPSA) is 49.9 Å². The summed E-state index contributed by atoms with van der Waals surface area (Å²) in [5.41, 5.74) is 1.56. The number of amides is 2. The number of carbonyl (C=O) groups excluding carboxylic acids is 2. The van der Waals surface area contributed by atoms with E-state index >= 15 is 0 Å². The molecule has 2 amide bonds. The van der Waals surface area contributed by atoms with Crippen LogP contribution in [0.25, 0.3) is 0 Å². The van der Waals surface area contributed by atoms with Crippen molar-refractivity contribution >= 4 is 39.1 Å². The van der Waals surface area contributed by atoms with Crippen LogP contribution in [-0.4, -0.2) is 17.9 Å². The van der Waals surface area contributed by atoms with E-state index in [0.29, 0.717) is 11.3 Å². The van der Waals surface area contributed by atoms with Crippen LogP contribution < -0.4 is 9.96 Å². The Labute approximate surface area is 184 Å². The molecule has 3 unspecified atom stereocenters. The van der Waals surface area contributed by atoms with Crippen molar-refractivity contribution in [3.8, 4) is 0 Å². The molecule has 0 bridgehead atoms. The van der Waals surface area contributed by atoms with Crippen LogP contribution >= 0.6 is 15.9 Å². The zero-order valence-corrected chi connectivity index (χ0v) is 17.5. The summed E-state index contributed by atoms with van der Waals surface area (Å²) in [4.78, 5) is 33.6. The Bertz CT molecular complexity index is 1170. The SMILES string of the molecule is O=C1C2ON(c3ccccc3)C(c3ccc(F)c(Br)c3)C2C(=O)N1c1ccc(F)cc1. The number of hydroxylamine groups is 1. The maximum atomic E-state index is 13.9. The monoisotopic (exact) mass is 484 g/mol. The first-order valence-corrected chi connectivity index (χ1v) is 10.3. The average molecular weight is 485 g/mol. The first-order valence-electron chi connectivity index (χ1n) is 9.55. The fourth-order valence-corrected chi connectivity index (χ4v) is 4.49. The summed E-state index contributed by atoms with van der Waals surface area (Å²) in [7, 11) is 0. The molecule has 2 saturated heterocycles. The Hall–Kier alpha value is -3.10. The van der Waals surface area contributed by atoms with E-state index in [-0.39, 0.29) is 10.2 Å². The molecular formula is C23H15BrF2N2O3. The molecule has 0 saturated carbocycles. The van der Waals surface area contributed by atoms with Crippen LogP contribution in [0.4, 0.5) is 20.2 Å². The molecule has 3 aromatic carbocycles. The molecule has 0 N–H and O–H groups in total. The second-order valence-electron chi connectivity index (χ2n) is 7.32. The van der Waals surface area contributed by atoms with Gasteiger partial charge >= 0.3 is 0 Å². The summed E-state index contributed by atoms with van der Waals surface area (Å²) in [6.07, 6.45) is -1.05. The van der Waals surface area contributed by atoms with Crippen LogP contribution in [0.3, 0.4) is 0 Å². The highest BCUT2D eigenvalue weighted by Gasteiger charge is 2.60. The summed E-state index contributed by atoms with van der Waals surface area (Å²) < 4.78 is 27.5. The first-order chi connectivity index (χ1) is 15.0. The van der Waals surface area contributed by atoms with Crippen LogP contribution in [0, 0.1) is 17.6 Å². The van der Waals surface area contributed by atoms with E-state index in [1.807, 2.05) is 18.2 Å². The van der Waals surface area contributed by atoms with Crippen LogP contribution in [-0.2, 0) is 14.4 Å². The highest BCUT2D eigenvalue weighted by Crippen LogP contribution is 2.47. The lowest BCUT2D eigenvalue weighted by Gasteiger charge is -2.29. The Morgan fingerprint density at radius 2 is 1.55 bits per heavy atom. The second kappa shape index (κ2) is 7.55. The van der Waals surface area contributed by atoms with Gasteiger partial charge in [-0.15, -0.1) is 0 Å². The van der Waals surface area contributed by atoms with Gasteiger partial charge in [-0.1, -0.05) is 24.3 Å². The Morgan fingerprint density at radius 1 is 0.839 bits per heavy atom. The molecule has 8 heteroatoms. The van der Waals surface area contributed by atoms with Gasteiger partial charge in [0.15, 0.2) is 6.10 Å². The van der Waals surface area contributed by atoms with Crippen LogP contribution in [0.15, 0.2) is 77.3 Å². The number of imide groups is 1.